The Labute approximate surface area is 117 Å². The molecular weight excluding hydrogens is 296 g/mol. The first-order chi connectivity index (χ1) is 8.40. The number of aromatic nitrogens is 2. The van der Waals surface area contributed by atoms with E-state index in [1.54, 1.807) is 6.07 Å². The normalized spacial score (nSPS) is 11.6. The van der Waals surface area contributed by atoms with Crippen molar-refractivity contribution in [1.82, 2.24) is 14.9 Å². The van der Waals surface area contributed by atoms with Gasteiger partial charge in [-0.3, -0.25) is 4.90 Å². The smallest absolute Gasteiger partial charge is 0.319 e. The highest BCUT2D eigenvalue weighted by Gasteiger charge is 2.13. The molecule has 1 aromatic heterocycles. The highest BCUT2D eigenvalue weighted by molar-refractivity contribution is 9.10. The third-order valence-electron chi connectivity index (χ3n) is 2.60. The zero-order valence-electron chi connectivity index (χ0n) is 11.4. The van der Waals surface area contributed by atoms with Gasteiger partial charge in [0.2, 0.25) is 0 Å². The summed E-state index contributed by atoms with van der Waals surface area (Å²) in [6, 6.07) is 2.93. The van der Waals surface area contributed by atoms with Crippen LogP contribution in [0, 0.1) is 0 Å². The van der Waals surface area contributed by atoms with Crippen LogP contribution in [-0.2, 0) is 0 Å². The van der Waals surface area contributed by atoms with E-state index < -0.39 is 0 Å². The number of nitrogen functional groups attached to an aromatic ring is 1. The van der Waals surface area contributed by atoms with Gasteiger partial charge in [0, 0.05) is 24.7 Å². The minimum absolute atomic E-state index is 0.314. The predicted octanol–water partition coefficient (Wildman–Crippen LogP) is 2.32. The van der Waals surface area contributed by atoms with Crippen LogP contribution in [0.15, 0.2) is 10.7 Å². The molecule has 0 unspecified atom stereocenters. The Morgan fingerprint density at radius 1 is 1.28 bits per heavy atom. The number of nitrogens with two attached hydrogens (primary N) is 1. The van der Waals surface area contributed by atoms with Gasteiger partial charge in [0.15, 0.2) is 0 Å². The van der Waals surface area contributed by atoms with Crippen LogP contribution >= 0.6 is 15.9 Å². The molecule has 1 rings (SSSR count). The Kier molecular flexibility index (Phi) is 5.81. The molecule has 1 heterocycles. The van der Waals surface area contributed by atoms with Crippen molar-refractivity contribution in [3.8, 4) is 6.01 Å². The van der Waals surface area contributed by atoms with E-state index in [0.29, 0.717) is 35.1 Å². The van der Waals surface area contributed by atoms with Crippen LogP contribution in [0.25, 0.3) is 0 Å². The summed E-state index contributed by atoms with van der Waals surface area (Å²) in [6.45, 7) is 10.1. The second kappa shape index (κ2) is 6.89. The minimum atomic E-state index is 0.314. The molecule has 0 fully saturated rings. The number of anilines is 1. The lowest BCUT2D eigenvalue weighted by Gasteiger charge is -2.30. The zero-order chi connectivity index (χ0) is 13.7. The second-order valence-electron chi connectivity index (χ2n) is 4.67. The molecule has 2 N–H and O–H groups in total. The highest BCUT2D eigenvalue weighted by Crippen LogP contribution is 2.14. The molecule has 0 amide bonds. The SMILES string of the molecule is CC(C)N(CCOc1nc(N)cc(Br)n1)C(C)C. The maximum Gasteiger partial charge on any atom is 0.319 e. The molecule has 5 nitrogen and oxygen atoms in total. The number of halogens is 1. The van der Waals surface area contributed by atoms with E-state index in [0.717, 1.165) is 6.54 Å². The molecule has 0 atom stereocenters. The minimum Gasteiger partial charge on any atom is -0.462 e. The van der Waals surface area contributed by atoms with Crippen LogP contribution in [0.1, 0.15) is 27.7 Å². The Balaban J connectivity index is 2.50. The fraction of sp³-hybridized carbons (Fsp3) is 0.667. The fourth-order valence-electron chi connectivity index (χ4n) is 1.83. The molecule has 0 saturated heterocycles. The molecule has 0 aliphatic heterocycles. The first kappa shape index (κ1) is 15.2. The number of rotatable bonds is 6. The van der Waals surface area contributed by atoms with Crippen LogP contribution in [-0.4, -0.2) is 40.1 Å². The zero-order valence-corrected chi connectivity index (χ0v) is 12.9. The summed E-state index contributed by atoms with van der Waals surface area (Å²) in [5.74, 6) is 0.399. The van der Waals surface area contributed by atoms with Crippen molar-refractivity contribution < 1.29 is 4.74 Å². The Morgan fingerprint density at radius 2 is 1.89 bits per heavy atom. The topological polar surface area (TPSA) is 64.3 Å². The van der Waals surface area contributed by atoms with Gasteiger partial charge in [0.25, 0.3) is 0 Å². The monoisotopic (exact) mass is 316 g/mol. The lowest BCUT2D eigenvalue weighted by atomic mass is 10.2. The van der Waals surface area contributed by atoms with Crippen molar-refractivity contribution in [2.45, 2.75) is 39.8 Å². The summed E-state index contributed by atoms with van der Waals surface area (Å²) in [5.41, 5.74) is 5.62. The number of ether oxygens (including phenoxy) is 1. The number of hydrogen-bond acceptors (Lipinski definition) is 5. The van der Waals surface area contributed by atoms with E-state index in [-0.39, 0.29) is 0 Å². The van der Waals surface area contributed by atoms with Gasteiger partial charge >= 0.3 is 6.01 Å². The largest absolute Gasteiger partial charge is 0.462 e. The molecule has 6 heteroatoms. The van der Waals surface area contributed by atoms with Crippen LogP contribution in [0.2, 0.25) is 0 Å². The maximum atomic E-state index is 5.62. The van der Waals surface area contributed by atoms with Gasteiger partial charge in [0.05, 0.1) is 0 Å². The van der Waals surface area contributed by atoms with Gasteiger partial charge < -0.3 is 10.5 Å². The highest BCUT2D eigenvalue weighted by atomic mass is 79.9. The number of hydrogen-bond donors (Lipinski definition) is 1. The first-order valence-corrected chi connectivity index (χ1v) is 6.88. The van der Waals surface area contributed by atoms with Crippen LogP contribution in [0.4, 0.5) is 5.82 Å². The standard InChI is InChI=1S/C12H21BrN4O/c1-8(2)17(9(3)4)5-6-18-12-15-10(13)7-11(14)16-12/h7-9H,5-6H2,1-4H3,(H2,14,15,16). The van der Waals surface area contributed by atoms with E-state index in [4.69, 9.17) is 10.5 Å². The Morgan fingerprint density at radius 3 is 2.39 bits per heavy atom. The maximum absolute atomic E-state index is 5.62. The molecule has 0 bridgehead atoms. The molecule has 1 aromatic rings. The lowest BCUT2D eigenvalue weighted by molar-refractivity contribution is 0.138. The van der Waals surface area contributed by atoms with E-state index >= 15 is 0 Å². The van der Waals surface area contributed by atoms with Crippen molar-refractivity contribution in [3.05, 3.63) is 10.7 Å². The Bertz CT molecular complexity index is 356. The molecule has 0 spiro atoms. The van der Waals surface area contributed by atoms with Crippen LogP contribution in [0.5, 0.6) is 6.01 Å². The van der Waals surface area contributed by atoms with E-state index in [1.807, 2.05) is 0 Å². The molecule has 0 aliphatic carbocycles. The molecule has 0 aromatic carbocycles. The van der Waals surface area contributed by atoms with Crippen LogP contribution in [0.3, 0.4) is 0 Å². The van der Waals surface area contributed by atoms with Crippen molar-refractivity contribution in [2.75, 3.05) is 18.9 Å². The summed E-state index contributed by atoms with van der Waals surface area (Å²) in [4.78, 5) is 10.5. The molecular formula is C12H21BrN4O. The molecule has 18 heavy (non-hydrogen) atoms. The molecule has 0 saturated carbocycles. The van der Waals surface area contributed by atoms with Gasteiger partial charge in [-0.25, -0.2) is 0 Å². The quantitative estimate of drug-likeness (QED) is 0.816. The fourth-order valence-corrected chi connectivity index (χ4v) is 2.22. The third-order valence-corrected chi connectivity index (χ3v) is 3.01. The lowest BCUT2D eigenvalue weighted by Crippen LogP contribution is -2.39. The number of nitrogens with zero attached hydrogens (tertiary/aromatic N) is 3. The summed E-state index contributed by atoms with van der Waals surface area (Å²) < 4.78 is 6.16. The average Bonchev–Trinajstić information content (AvgIpc) is 2.21. The summed E-state index contributed by atoms with van der Waals surface area (Å²) >= 11 is 3.26. The van der Waals surface area contributed by atoms with Gasteiger partial charge in [-0.2, -0.15) is 9.97 Å². The van der Waals surface area contributed by atoms with E-state index in [2.05, 4.69) is 58.5 Å². The van der Waals surface area contributed by atoms with Crippen molar-refractivity contribution in [1.29, 1.82) is 0 Å². The molecule has 0 aliphatic rings. The van der Waals surface area contributed by atoms with Crippen molar-refractivity contribution in [3.63, 3.8) is 0 Å². The molecule has 0 radical (unpaired) electrons. The van der Waals surface area contributed by atoms with Gasteiger partial charge in [-0.15, -0.1) is 0 Å². The average molecular weight is 317 g/mol. The predicted molar refractivity (Wildman–Crippen MR) is 76.6 cm³/mol. The summed E-state index contributed by atoms with van der Waals surface area (Å²) in [6.07, 6.45) is 0. The van der Waals surface area contributed by atoms with Gasteiger partial charge in [-0.05, 0) is 43.6 Å². The summed E-state index contributed by atoms with van der Waals surface area (Å²) in [5, 5.41) is 0. The van der Waals surface area contributed by atoms with Crippen molar-refractivity contribution in [2.24, 2.45) is 0 Å². The van der Waals surface area contributed by atoms with E-state index in [1.165, 1.54) is 0 Å². The second-order valence-corrected chi connectivity index (χ2v) is 5.48. The summed E-state index contributed by atoms with van der Waals surface area (Å²) in [7, 11) is 0. The van der Waals surface area contributed by atoms with Gasteiger partial charge in [0.1, 0.15) is 17.0 Å². The Hall–Kier alpha value is -0.880. The molecule has 102 valence electrons. The van der Waals surface area contributed by atoms with Gasteiger partial charge in [-0.1, -0.05) is 0 Å². The first-order valence-electron chi connectivity index (χ1n) is 6.08. The van der Waals surface area contributed by atoms with Crippen LogP contribution < -0.4 is 10.5 Å². The third kappa shape index (κ3) is 4.78. The van der Waals surface area contributed by atoms with E-state index in [9.17, 15) is 0 Å². The van der Waals surface area contributed by atoms with Crippen molar-refractivity contribution >= 4 is 21.7 Å².